The van der Waals surface area contributed by atoms with Gasteiger partial charge in [-0.2, -0.15) is 0 Å². The van der Waals surface area contributed by atoms with Crippen LogP contribution in [0.1, 0.15) is 22.7 Å². The Morgan fingerprint density at radius 1 is 1.60 bits per heavy atom. The van der Waals surface area contributed by atoms with Crippen LogP contribution in [0.2, 0.25) is 0 Å². The van der Waals surface area contributed by atoms with Gasteiger partial charge in [-0.25, -0.2) is 4.98 Å². The highest BCUT2D eigenvalue weighted by Gasteiger charge is 2.27. The van der Waals surface area contributed by atoms with E-state index < -0.39 is 0 Å². The number of nitrogens with zero attached hydrogens (tertiary/aromatic N) is 2. The van der Waals surface area contributed by atoms with E-state index in [9.17, 15) is 4.79 Å². The zero-order valence-electron chi connectivity index (χ0n) is 11.3. The van der Waals surface area contributed by atoms with Gasteiger partial charge in [0.25, 0.3) is 5.91 Å². The van der Waals surface area contributed by atoms with Crippen molar-refractivity contribution < 1.29 is 9.21 Å². The number of thiazole rings is 1. The van der Waals surface area contributed by atoms with Gasteiger partial charge in [-0.05, 0) is 37.9 Å². The van der Waals surface area contributed by atoms with Crippen molar-refractivity contribution in [3.8, 4) is 10.8 Å². The molecule has 3 heterocycles. The molecule has 1 amide bonds. The SMILES string of the molecule is Cc1ccc(-c2nc(C(=O)N3CCC(CN)C3)cs2)o1. The molecule has 0 spiro atoms. The van der Waals surface area contributed by atoms with Crippen molar-refractivity contribution in [1.82, 2.24) is 9.88 Å². The number of furan rings is 1. The largest absolute Gasteiger partial charge is 0.459 e. The van der Waals surface area contributed by atoms with Gasteiger partial charge in [-0.3, -0.25) is 4.79 Å². The Balaban J connectivity index is 1.75. The summed E-state index contributed by atoms with van der Waals surface area (Å²) in [6, 6.07) is 3.77. The molecule has 1 atom stereocenters. The fourth-order valence-corrected chi connectivity index (χ4v) is 3.16. The highest BCUT2D eigenvalue weighted by atomic mass is 32.1. The predicted molar refractivity (Wildman–Crippen MR) is 77.6 cm³/mol. The first-order valence-corrected chi connectivity index (χ1v) is 7.57. The van der Waals surface area contributed by atoms with Gasteiger partial charge in [-0.15, -0.1) is 11.3 Å². The summed E-state index contributed by atoms with van der Waals surface area (Å²) in [5, 5.41) is 2.54. The van der Waals surface area contributed by atoms with Gasteiger partial charge in [0.05, 0.1) is 0 Å². The Morgan fingerprint density at radius 3 is 3.10 bits per heavy atom. The zero-order valence-corrected chi connectivity index (χ0v) is 12.2. The molecule has 2 N–H and O–H groups in total. The third-order valence-electron chi connectivity index (χ3n) is 3.58. The van der Waals surface area contributed by atoms with Crippen molar-refractivity contribution >= 4 is 17.2 Å². The summed E-state index contributed by atoms with van der Waals surface area (Å²) in [7, 11) is 0. The van der Waals surface area contributed by atoms with Crippen LogP contribution >= 0.6 is 11.3 Å². The monoisotopic (exact) mass is 291 g/mol. The lowest BCUT2D eigenvalue weighted by atomic mass is 10.1. The minimum absolute atomic E-state index is 0.00766. The summed E-state index contributed by atoms with van der Waals surface area (Å²) in [4.78, 5) is 18.6. The molecule has 0 saturated carbocycles. The number of carbonyl (C=O) groups is 1. The first-order chi connectivity index (χ1) is 9.67. The van der Waals surface area contributed by atoms with Crippen LogP contribution in [-0.4, -0.2) is 35.4 Å². The fourth-order valence-electron chi connectivity index (χ4n) is 2.41. The highest BCUT2D eigenvalue weighted by Crippen LogP contribution is 2.27. The van der Waals surface area contributed by atoms with Crippen molar-refractivity contribution in [1.29, 1.82) is 0 Å². The molecule has 3 rings (SSSR count). The molecule has 1 aliphatic rings. The third kappa shape index (κ3) is 2.48. The molecule has 0 aromatic carbocycles. The number of rotatable bonds is 3. The fraction of sp³-hybridized carbons (Fsp3) is 0.429. The molecule has 2 aromatic heterocycles. The number of carbonyl (C=O) groups excluding carboxylic acids is 1. The normalized spacial score (nSPS) is 18.7. The Labute approximate surface area is 121 Å². The molecule has 1 fully saturated rings. The van der Waals surface area contributed by atoms with Crippen LogP contribution in [-0.2, 0) is 0 Å². The molecular formula is C14H17N3O2S. The molecular weight excluding hydrogens is 274 g/mol. The molecule has 1 saturated heterocycles. The second kappa shape index (κ2) is 5.38. The molecule has 0 aliphatic carbocycles. The Kier molecular flexibility index (Phi) is 3.58. The summed E-state index contributed by atoms with van der Waals surface area (Å²) >= 11 is 1.43. The molecule has 106 valence electrons. The average Bonchev–Trinajstić information content (AvgIpc) is 3.17. The minimum Gasteiger partial charge on any atom is -0.459 e. The number of amides is 1. The second-order valence-electron chi connectivity index (χ2n) is 5.09. The van der Waals surface area contributed by atoms with E-state index in [2.05, 4.69) is 4.98 Å². The van der Waals surface area contributed by atoms with Gasteiger partial charge in [0.1, 0.15) is 11.5 Å². The molecule has 6 heteroatoms. The van der Waals surface area contributed by atoms with Crippen molar-refractivity contribution in [2.45, 2.75) is 13.3 Å². The Hall–Kier alpha value is -1.66. The van der Waals surface area contributed by atoms with Crippen LogP contribution in [0.15, 0.2) is 21.9 Å². The zero-order chi connectivity index (χ0) is 14.1. The number of nitrogens with two attached hydrogens (primary N) is 1. The van der Waals surface area contributed by atoms with Gasteiger partial charge < -0.3 is 15.1 Å². The van der Waals surface area contributed by atoms with E-state index in [1.54, 1.807) is 5.38 Å². The van der Waals surface area contributed by atoms with Crippen molar-refractivity contribution in [2.75, 3.05) is 19.6 Å². The molecule has 2 aromatic rings. The summed E-state index contributed by atoms with van der Waals surface area (Å²) in [5.41, 5.74) is 6.15. The quantitative estimate of drug-likeness (QED) is 0.940. The molecule has 5 nitrogen and oxygen atoms in total. The maximum absolute atomic E-state index is 12.4. The lowest BCUT2D eigenvalue weighted by Crippen LogP contribution is -2.30. The molecule has 0 bridgehead atoms. The first-order valence-electron chi connectivity index (χ1n) is 6.69. The van der Waals surface area contributed by atoms with Crippen LogP contribution in [0, 0.1) is 12.8 Å². The van der Waals surface area contributed by atoms with Gasteiger partial charge in [0.2, 0.25) is 0 Å². The first kappa shape index (κ1) is 13.3. The van der Waals surface area contributed by atoms with Crippen LogP contribution in [0.25, 0.3) is 10.8 Å². The molecule has 20 heavy (non-hydrogen) atoms. The smallest absolute Gasteiger partial charge is 0.273 e. The second-order valence-corrected chi connectivity index (χ2v) is 5.95. The van der Waals surface area contributed by atoms with Crippen LogP contribution in [0.3, 0.4) is 0 Å². The number of likely N-dealkylation sites (tertiary alicyclic amines) is 1. The Morgan fingerprint density at radius 2 is 2.45 bits per heavy atom. The summed E-state index contributed by atoms with van der Waals surface area (Å²) in [6.45, 7) is 4.04. The molecule has 0 radical (unpaired) electrons. The Bertz CT molecular complexity index is 619. The average molecular weight is 291 g/mol. The number of aryl methyl sites for hydroxylation is 1. The van der Waals surface area contributed by atoms with E-state index in [1.165, 1.54) is 11.3 Å². The van der Waals surface area contributed by atoms with Crippen LogP contribution < -0.4 is 5.73 Å². The van der Waals surface area contributed by atoms with Crippen molar-refractivity contribution in [3.05, 3.63) is 29.0 Å². The predicted octanol–water partition coefficient (Wildman–Crippen LogP) is 2.13. The van der Waals surface area contributed by atoms with Gasteiger partial charge >= 0.3 is 0 Å². The van der Waals surface area contributed by atoms with Crippen molar-refractivity contribution in [3.63, 3.8) is 0 Å². The van der Waals surface area contributed by atoms with Crippen LogP contribution in [0.5, 0.6) is 0 Å². The molecule has 1 unspecified atom stereocenters. The van der Waals surface area contributed by atoms with Crippen molar-refractivity contribution in [2.24, 2.45) is 11.7 Å². The van der Waals surface area contributed by atoms with Gasteiger partial charge in [0, 0.05) is 18.5 Å². The standard InChI is InChI=1S/C14H17N3O2S/c1-9-2-3-12(19-9)13-16-11(8-20-13)14(18)17-5-4-10(6-15)7-17/h2-3,8,10H,4-7,15H2,1H3. The topological polar surface area (TPSA) is 72.4 Å². The lowest BCUT2D eigenvalue weighted by molar-refractivity contribution is 0.0783. The highest BCUT2D eigenvalue weighted by molar-refractivity contribution is 7.13. The van der Waals surface area contributed by atoms with E-state index >= 15 is 0 Å². The van der Waals surface area contributed by atoms with E-state index in [1.807, 2.05) is 24.0 Å². The summed E-state index contributed by atoms with van der Waals surface area (Å²) in [5.74, 6) is 1.97. The maximum Gasteiger partial charge on any atom is 0.273 e. The van der Waals surface area contributed by atoms with E-state index in [4.69, 9.17) is 10.2 Å². The number of hydrogen-bond acceptors (Lipinski definition) is 5. The van der Waals surface area contributed by atoms with E-state index in [0.717, 1.165) is 30.3 Å². The van der Waals surface area contributed by atoms with Crippen LogP contribution in [0.4, 0.5) is 0 Å². The van der Waals surface area contributed by atoms with E-state index in [0.29, 0.717) is 23.9 Å². The lowest BCUT2D eigenvalue weighted by Gasteiger charge is -2.14. The number of aromatic nitrogens is 1. The maximum atomic E-state index is 12.4. The van der Waals surface area contributed by atoms with Gasteiger partial charge in [0.15, 0.2) is 10.8 Å². The van der Waals surface area contributed by atoms with Gasteiger partial charge in [-0.1, -0.05) is 0 Å². The molecule has 1 aliphatic heterocycles. The summed E-state index contributed by atoms with van der Waals surface area (Å²) in [6.07, 6.45) is 0.983. The summed E-state index contributed by atoms with van der Waals surface area (Å²) < 4.78 is 5.53. The minimum atomic E-state index is -0.00766. The number of hydrogen-bond donors (Lipinski definition) is 1. The van der Waals surface area contributed by atoms with E-state index in [-0.39, 0.29) is 5.91 Å². The third-order valence-corrected chi connectivity index (χ3v) is 4.44.